The van der Waals surface area contributed by atoms with Gasteiger partial charge < -0.3 is 10.1 Å². The van der Waals surface area contributed by atoms with E-state index in [-0.39, 0.29) is 30.0 Å². The number of carbonyl (C=O) groups excluding carboxylic acids is 1. The van der Waals surface area contributed by atoms with Gasteiger partial charge in [0.15, 0.2) is 0 Å². The summed E-state index contributed by atoms with van der Waals surface area (Å²) < 4.78 is 5.67. The molecule has 0 saturated carbocycles. The average Bonchev–Trinajstić information content (AvgIpc) is 2.65. The van der Waals surface area contributed by atoms with Crippen LogP contribution in [-0.4, -0.2) is 18.1 Å². The minimum atomic E-state index is -0.197. The highest BCUT2D eigenvalue weighted by Gasteiger charge is 2.41. The normalized spacial score (nSPS) is 28.9. The largest absolute Gasteiger partial charge is 0.374 e. The Kier molecular flexibility index (Phi) is 4.32. The van der Waals surface area contributed by atoms with Gasteiger partial charge in [-0.05, 0) is 38.0 Å². The van der Waals surface area contributed by atoms with Gasteiger partial charge in [0.2, 0.25) is 5.91 Å². The predicted molar refractivity (Wildman–Crippen MR) is 77.5 cm³/mol. The number of benzene rings is 1. The molecule has 1 fully saturated rings. The fourth-order valence-corrected chi connectivity index (χ4v) is 2.85. The summed E-state index contributed by atoms with van der Waals surface area (Å²) in [5.74, 6) is -0.139. The molecule has 4 unspecified atom stereocenters. The van der Waals surface area contributed by atoms with Gasteiger partial charge in [-0.2, -0.15) is 5.26 Å². The lowest BCUT2D eigenvalue weighted by Gasteiger charge is -2.18. The van der Waals surface area contributed by atoms with Crippen LogP contribution in [0.4, 0.5) is 5.69 Å². The van der Waals surface area contributed by atoms with Gasteiger partial charge in [-0.25, -0.2) is 0 Å². The zero-order chi connectivity index (χ0) is 14.9. The van der Waals surface area contributed by atoms with Gasteiger partial charge in [0, 0.05) is 0 Å². The van der Waals surface area contributed by atoms with E-state index < -0.39 is 0 Å². The zero-order valence-electron chi connectivity index (χ0n) is 11.7. The monoisotopic (exact) mass is 292 g/mol. The van der Waals surface area contributed by atoms with Crippen LogP contribution in [0.5, 0.6) is 0 Å². The Hall–Kier alpha value is -1.57. The van der Waals surface area contributed by atoms with Crippen molar-refractivity contribution >= 4 is 23.2 Å². The molecular formula is C15H17ClN2O2. The minimum Gasteiger partial charge on any atom is -0.374 e. The lowest BCUT2D eigenvalue weighted by atomic mass is 9.89. The smallest absolute Gasteiger partial charge is 0.230 e. The summed E-state index contributed by atoms with van der Waals surface area (Å²) in [5, 5.41) is 12.0. The van der Waals surface area contributed by atoms with E-state index in [9.17, 15) is 4.79 Å². The Bertz CT molecular complexity index is 567. The quantitative estimate of drug-likeness (QED) is 0.910. The first-order valence-electron chi connectivity index (χ1n) is 6.60. The van der Waals surface area contributed by atoms with E-state index in [1.807, 2.05) is 26.8 Å². The van der Waals surface area contributed by atoms with Crippen molar-refractivity contribution in [1.29, 1.82) is 5.26 Å². The summed E-state index contributed by atoms with van der Waals surface area (Å²) >= 11 is 6.06. The summed E-state index contributed by atoms with van der Waals surface area (Å²) in [7, 11) is 0. The third-order valence-electron chi connectivity index (χ3n) is 3.90. The Labute approximate surface area is 123 Å². The maximum Gasteiger partial charge on any atom is 0.230 e. The van der Waals surface area contributed by atoms with E-state index in [4.69, 9.17) is 21.6 Å². The molecule has 0 aliphatic carbocycles. The van der Waals surface area contributed by atoms with Crippen molar-refractivity contribution in [2.45, 2.75) is 33.0 Å². The zero-order valence-corrected chi connectivity index (χ0v) is 12.4. The van der Waals surface area contributed by atoms with Crippen LogP contribution in [0.25, 0.3) is 0 Å². The van der Waals surface area contributed by atoms with Crippen molar-refractivity contribution in [3.63, 3.8) is 0 Å². The van der Waals surface area contributed by atoms with Crippen LogP contribution in [0.2, 0.25) is 5.02 Å². The molecule has 0 aromatic heterocycles. The highest BCUT2D eigenvalue weighted by molar-refractivity contribution is 6.33. The number of hydrogen-bond acceptors (Lipinski definition) is 3. The number of amides is 1. The van der Waals surface area contributed by atoms with Crippen LogP contribution in [-0.2, 0) is 9.53 Å². The van der Waals surface area contributed by atoms with E-state index in [0.717, 1.165) is 0 Å². The fraction of sp³-hybridized carbons (Fsp3) is 0.467. The van der Waals surface area contributed by atoms with Crippen LogP contribution < -0.4 is 5.32 Å². The summed E-state index contributed by atoms with van der Waals surface area (Å²) in [6.07, 6.45) is -0.0469. The number of rotatable bonds is 2. The van der Waals surface area contributed by atoms with Crippen molar-refractivity contribution < 1.29 is 9.53 Å². The molecule has 2 rings (SSSR count). The van der Waals surface area contributed by atoms with Crippen molar-refractivity contribution in [3.8, 4) is 6.07 Å². The molecular weight excluding hydrogens is 276 g/mol. The van der Waals surface area contributed by atoms with Gasteiger partial charge in [0.25, 0.3) is 0 Å². The Morgan fingerprint density at radius 1 is 1.35 bits per heavy atom. The summed E-state index contributed by atoms with van der Waals surface area (Å²) in [4.78, 5) is 12.4. The number of nitriles is 1. The van der Waals surface area contributed by atoms with Crippen molar-refractivity contribution in [3.05, 3.63) is 28.8 Å². The number of carbonyl (C=O) groups is 1. The third kappa shape index (κ3) is 2.79. The maximum absolute atomic E-state index is 12.4. The van der Waals surface area contributed by atoms with Gasteiger partial charge in [-0.15, -0.1) is 0 Å². The van der Waals surface area contributed by atoms with Gasteiger partial charge in [0.05, 0.1) is 40.5 Å². The fourth-order valence-electron chi connectivity index (χ4n) is 2.62. The van der Waals surface area contributed by atoms with Gasteiger partial charge in [-0.1, -0.05) is 18.5 Å². The number of nitrogens with zero attached hydrogens (tertiary/aromatic N) is 1. The van der Waals surface area contributed by atoms with E-state index in [1.54, 1.807) is 12.1 Å². The van der Waals surface area contributed by atoms with E-state index in [0.29, 0.717) is 16.3 Å². The van der Waals surface area contributed by atoms with Crippen LogP contribution in [0.1, 0.15) is 26.3 Å². The van der Waals surface area contributed by atoms with Crippen LogP contribution in [0.3, 0.4) is 0 Å². The summed E-state index contributed by atoms with van der Waals surface area (Å²) in [6.45, 7) is 5.90. The van der Waals surface area contributed by atoms with Crippen molar-refractivity contribution in [2.75, 3.05) is 5.32 Å². The minimum absolute atomic E-state index is 0.0668. The molecule has 1 heterocycles. The Morgan fingerprint density at radius 2 is 2.05 bits per heavy atom. The highest BCUT2D eigenvalue weighted by atomic mass is 35.5. The van der Waals surface area contributed by atoms with Gasteiger partial charge in [0.1, 0.15) is 0 Å². The highest BCUT2D eigenvalue weighted by Crippen LogP contribution is 2.33. The molecule has 1 aliphatic heterocycles. The Balaban J connectivity index is 2.14. The van der Waals surface area contributed by atoms with Gasteiger partial charge in [-0.3, -0.25) is 4.79 Å². The molecule has 1 aromatic rings. The molecule has 1 N–H and O–H groups in total. The number of halogens is 1. The summed E-state index contributed by atoms with van der Waals surface area (Å²) in [6, 6.07) is 6.82. The average molecular weight is 293 g/mol. The first-order valence-corrected chi connectivity index (χ1v) is 6.97. The number of anilines is 1. The molecule has 1 aromatic carbocycles. The molecule has 4 atom stereocenters. The van der Waals surface area contributed by atoms with Crippen LogP contribution in [0, 0.1) is 23.2 Å². The molecule has 1 saturated heterocycles. The molecule has 5 heteroatoms. The van der Waals surface area contributed by atoms with E-state index in [1.165, 1.54) is 6.07 Å². The second-order valence-corrected chi connectivity index (χ2v) is 5.63. The first kappa shape index (κ1) is 14.8. The standard InChI is InChI=1S/C15H17ClN2O2/c1-8-9(2)20-10(3)14(8)15(19)18-13-5-4-11(7-17)6-12(13)16/h4-6,8-10,14H,1-3H3,(H,18,19). The van der Waals surface area contributed by atoms with Crippen molar-refractivity contribution in [2.24, 2.45) is 11.8 Å². The van der Waals surface area contributed by atoms with Gasteiger partial charge >= 0.3 is 0 Å². The molecule has 106 valence electrons. The SMILES string of the molecule is CC1OC(C)C(C(=O)Nc2ccc(C#N)cc2Cl)C1C. The molecule has 0 spiro atoms. The second-order valence-electron chi connectivity index (χ2n) is 5.23. The number of hydrogen-bond donors (Lipinski definition) is 1. The number of ether oxygens (including phenoxy) is 1. The lowest BCUT2D eigenvalue weighted by Crippen LogP contribution is -2.32. The second kappa shape index (κ2) is 5.82. The molecule has 0 bridgehead atoms. The lowest BCUT2D eigenvalue weighted by molar-refractivity contribution is -0.121. The predicted octanol–water partition coefficient (Wildman–Crippen LogP) is 3.21. The third-order valence-corrected chi connectivity index (χ3v) is 4.21. The molecule has 4 nitrogen and oxygen atoms in total. The molecule has 1 aliphatic rings. The first-order chi connectivity index (χ1) is 9.43. The van der Waals surface area contributed by atoms with Crippen molar-refractivity contribution in [1.82, 2.24) is 0 Å². The topological polar surface area (TPSA) is 62.1 Å². The van der Waals surface area contributed by atoms with E-state index in [2.05, 4.69) is 5.32 Å². The molecule has 0 radical (unpaired) electrons. The van der Waals surface area contributed by atoms with E-state index >= 15 is 0 Å². The maximum atomic E-state index is 12.4. The number of nitrogens with one attached hydrogen (secondary N) is 1. The summed E-state index contributed by atoms with van der Waals surface area (Å²) in [5.41, 5.74) is 0.988. The van der Waals surface area contributed by atoms with Crippen LogP contribution in [0.15, 0.2) is 18.2 Å². The molecule has 20 heavy (non-hydrogen) atoms. The molecule has 1 amide bonds. The van der Waals surface area contributed by atoms with Crippen LogP contribution >= 0.6 is 11.6 Å². The Morgan fingerprint density at radius 3 is 2.55 bits per heavy atom.